The van der Waals surface area contributed by atoms with E-state index in [0.717, 1.165) is 19.8 Å². The van der Waals surface area contributed by atoms with Gasteiger partial charge in [-0.2, -0.15) is 8.42 Å². The smallest absolute Gasteiger partial charge is 0.366 e. The Labute approximate surface area is 173 Å². The number of carbonyl (C=O) groups is 1. The van der Waals surface area contributed by atoms with Crippen LogP contribution in [0, 0.1) is 6.92 Å². The highest BCUT2D eigenvalue weighted by Crippen LogP contribution is 2.33. The van der Waals surface area contributed by atoms with Gasteiger partial charge in [-0.25, -0.2) is 4.79 Å². The highest BCUT2D eigenvalue weighted by atomic mass is 32.2. The normalized spacial score (nSPS) is 29.2. The van der Waals surface area contributed by atoms with Crippen LogP contribution in [-0.2, 0) is 33.3 Å². The molecule has 1 aliphatic heterocycles. The lowest BCUT2D eigenvalue weighted by molar-refractivity contribution is -0.321. The standard InChI is InChI=1S/C18H26O11S/c1-10-4-6-11(7-5-10)30(24,25)28-9-13(20)15(22)16-14(21)12(19)8-18(27-3,29-16)17(23)26-2/h4-7,12-16,19-22H,8-9H2,1-3H3/t12-,13+,14+,15+,16+,18+/m0/s1. The molecule has 0 aliphatic carbocycles. The number of aliphatic hydroxyl groups excluding tert-OH is 4. The van der Waals surface area contributed by atoms with Gasteiger partial charge >= 0.3 is 5.97 Å². The number of ether oxygens (including phenoxy) is 3. The van der Waals surface area contributed by atoms with Crippen LogP contribution in [-0.4, -0.2) is 91.9 Å². The molecule has 0 unspecified atom stereocenters. The summed E-state index contributed by atoms with van der Waals surface area (Å²) in [6, 6.07) is 5.76. The summed E-state index contributed by atoms with van der Waals surface area (Å²) >= 11 is 0. The molecule has 0 aromatic heterocycles. The van der Waals surface area contributed by atoms with Crippen LogP contribution < -0.4 is 0 Å². The Hall–Kier alpha value is -1.64. The van der Waals surface area contributed by atoms with E-state index in [9.17, 15) is 33.6 Å². The van der Waals surface area contributed by atoms with Crippen molar-refractivity contribution in [3.63, 3.8) is 0 Å². The molecule has 170 valence electrons. The quantitative estimate of drug-likeness (QED) is 0.267. The molecule has 1 aromatic carbocycles. The molecule has 1 aliphatic rings. The molecule has 0 amide bonds. The maximum atomic E-state index is 12.2. The van der Waals surface area contributed by atoms with Crippen LogP contribution in [0.5, 0.6) is 0 Å². The van der Waals surface area contributed by atoms with Crippen molar-refractivity contribution in [1.82, 2.24) is 0 Å². The van der Waals surface area contributed by atoms with Gasteiger partial charge in [0.05, 0.1) is 24.7 Å². The minimum atomic E-state index is -4.23. The van der Waals surface area contributed by atoms with Crippen LogP contribution in [0.3, 0.4) is 0 Å². The Morgan fingerprint density at radius 1 is 1.23 bits per heavy atom. The van der Waals surface area contributed by atoms with Crippen LogP contribution in [0.25, 0.3) is 0 Å². The maximum absolute atomic E-state index is 12.2. The number of methoxy groups -OCH3 is 2. The van der Waals surface area contributed by atoms with Crippen molar-refractivity contribution < 1.29 is 52.0 Å². The molecule has 1 saturated heterocycles. The van der Waals surface area contributed by atoms with Crippen LogP contribution in [0.1, 0.15) is 12.0 Å². The molecule has 2 rings (SSSR count). The van der Waals surface area contributed by atoms with E-state index in [0.29, 0.717) is 0 Å². The zero-order valence-corrected chi connectivity index (χ0v) is 17.5. The number of hydrogen-bond donors (Lipinski definition) is 4. The monoisotopic (exact) mass is 450 g/mol. The lowest BCUT2D eigenvalue weighted by atomic mass is 9.91. The number of aliphatic hydroxyl groups is 4. The largest absolute Gasteiger partial charge is 0.465 e. The molecule has 0 radical (unpaired) electrons. The van der Waals surface area contributed by atoms with Crippen molar-refractivity contribution in [2.75, 3.05) is 20.8 Å². The van der Waals surface area contributed by atoms with E-state index in [2.05, 4.69) is 4.74 Å². The summed E-state index contributed by atoms with van der Waals surface area (Å²) in [6.45, 7) is 0.897. The third-order valence-electron chi connectivity index (χ3n) is 4.80. The number of carbonyl (C=O) groups excluding carboxylic acids is 1. The van der Waals surface area contributed by atoms with Gasteiger partial charge in [-0.3, -0.25) is 4.18 Å². The second-order valence-corrected chi connectivity index (χ2v) is 8.52. The third-order valence-corrected chi connectivity index (χ3v) is 6.09. The van der Waals surface area contributed by atoms with E-state index in [-0.39, 0.29) is 4.90 Å². The van der Waals surface area contributed by atoms with E-state index in [1.807, 2.05) is 0 Å². The summed E-state index contributed by atoms with van der Waals surface area (Å²) in [7, 11) is -2.08. The number of rotatable bonds is 8. The van der Waals surface area contributed by atoms with Gasteiger partial charge in [0.1, 0.15) is 24.4 Å². The van der Waals surface area contributed by atoms with E-state index >= 15 is 0 Å². The summed E-state index contributed by atoms with van der Waals surface area (Å²) in [5, 5.41) is 40.8. The molecule has 1 heterocycles. The zero-order valence-electron chi connectivity index (χ0n) is 16.7. The van der Waals surface area contributed by atoms with E-state index < -0.39 is 65.4 Å². The summed E-state index contributed by atoms with van der Waals surface area (Å²) in [5.41, 5.74) is 0.832. The van der Waals surface area contributed by atoms with Crippen LogP contribution in [0.2, 0.25) is 0 Å². The Morgan fingerprint density at radius 2 is 1.83 bits per heavy atom. The SMILES string of the molecule is COC(=O)[C@@]1(OC)C[C@H](O)[C@@H](O)[C@H]([C@H](O)[C@H](O)COS(=O)(=O)c2ccc(C)cc2)O1. The fraction of sp³-hybridized carbons (Fsp3) is 0.611. The Bertz CT molecular complexity index is 825. The first kappa shape index (κ1) is 24.6. The molecule has 6 atom stereocenters. The van der Waals surface area contributed by atoms with Crippen molar-refractivity contribution in [3.05, 3.63) is 29.8 Å². The Balaban J connectivity index is 2.12. The van der Waals surface area contributed by atoms with Gasteiger partial charge in [0.15, 0.2) is 0 Å². The second kappa shape index (κ2) is 9.66. The van der Waals surface area contributed by atoms with Gasteiger partial charge in [0.25, 0.3) is 15.9 Å². The van der Waals surface area contributed by atoms with E-state index in [1.165, 1.54) is 12.1 Å². The lowest BCUT2D eigenvalue weighted by Crippen LogP contribution is -2.64. The van der Waals surface area contributed by atoms with Gasteiger partial charge in [0.2, 0.25) is 0 Å². The first-order valence-electron chi connectivity index (χ1n) is 8.97. The van der Waals surface area contributed by atoms with Crippen LogP contribution in [0.4, 0.5) is 0 Å². The fourth-order valence-electron chi connectivity index (χ4n) is 2.98. The number of hydrogen-bond acceptors (Lipinski definition) is 11. The molecule has 0 saturated carbocycles. The lowest BCUT2D eigenvalue weighted by Gasteiger charge is -2.44. The van der Waals surface area contributed by atoms with E-state index in [4.69, 9.17) is 13.7 Å². The van der Waals surface area contributed by atoms with Crippen LogP contribution >= 0.6 is 0 Å². The first-order chi connectivity index (χ1) is 14.0. The molecule has 0 bridgehead atoms. The minimum absolute atomic E-state index is 0.150. The predicted octanol–water partition coefficient (Wildman–Crippen LogP) is -1.55. The number of benzene rings is 1. The summed E-state index contributed by atoms with van der Waals surface area (Å²) in [4.78, 5) is 11.9. The Morgan fingerprint density at radius 3 is 2.37 bits per heavy atom. The van der Waals surface area contributed by atoms with Crippen molar-refractivity contribution in [2.24, 2.45) is 0 Å². The Kier molecular flexibility index (Phi) is 7.93. The molecular formula is C18H26O11S. The summed E-state index contributed by atoms with van der Waals surface area (Å²) in [5.74, 6) is -3.16. The van der Waals surface area contributed by atoms with Crippen molar-refractivity contribution in [1.29, 1.82) is 0 Å². The van der Waals surface area contributed by atoms with Gasteiger partial charge in [-0.1, -0.05) is 17.7 Å². The molecule has 1 fully saturated rings. The average molecular weight is 450 g/mol. The van der Waals surface area contributed by atoms with E-state index in [1.54, 1.807) is 19.1 Å². The van der Waals surface area contributed by atoms with Gasteiger partial charge in [-0.05, 0) is 19.1 Å². The summed E-state index contributed by atoms with van der Waals surface area (Å²) in [6.07, 6.45) is -9.29. The number of aryl methyl sites for hydroxylation is 1. The molecular weight excluding hydrogens is 424 g/mol. The minimum Gasteiger partial charge on any atom is -0.465 e. The fourth-order valence-corrected chi connectivity index (χ4v) is 3.90. The molecule has 4 N–H and O–H groups in total. The van der Waals surface area contributed by atoms with Gasteiger partial charge in [-0.15, -0.1) is 0 Å². The van der Waals surface area contributed by atoms with Gasteiger partial charge in [0, 0.05) is 13.5 Å². The summed E-state index contributed by atoms with van der Waals surface area (Å²) < 4.78 is 44.2. The molecule has 1 aromatic rings. The first-order valence-corrected chi connectivity index (χ1v) is 10.4. The molecule has 30 heavy (non-hydrogen) atoms. The molecule has 11 nitrogen and oxygen atoms in total. The average Bonchev–Trinajstić information content (AvgIpc) is 2.73. The second-order valence-electron chi connectivity index (χ2n) is 6.90. The van der Waals surface area contributed by atoms with Crippen LogP contribution in [0.15, 0.2) is 29.2 Å². The van der Waals surface area contributed by atoms with Crippen molar-refractivity contribution in [2.45, 2.75) is 54.5 Å². The van der Waals surface area contributed by atoms with Crippen molar-refractivity contribution in [3.8, 4) is 0 Å². The zero-order chi connectivity index (χ0) is 22.7. The molecule has 12 heteroatoms. The predicted molar refractivity (Wildman–Crippen MR) is 99.6 cm³/mol. The highest BCUT2D eigenvalue weighted by Gasteiger charge is 2.55. The molecule has 0 spiro atoms. The maximum Gasteiger partial charge on any atom is 0.366 e. The van der Waals surface area contributed by atoms with Crippen molar-refractivity contribution >= 4 is 16.1 Å². The third kappa shape index (κ3) is 5.15. The topological polar surface area (TPSA) is 169 Å². The highest BCUT2D eigenvalue weighted by molar-refractivity contribution is 7.86. The number of esters is 1. The van der Waals surface area contributed by atoms with Gasteiger partial charge < -0.3 is 34.6 Å².